The van der Waals surface area contributed by atoms with Crippen molar-refractivity contribution in [2.24, 2.45) is 0 Å². The summed E-state index contributed by atoms with van der Waals surface area (Å²) in [5.41, 5.74) is 1.74. The molecule has 2 aromatic rings. The van der Waals surface area contributed by atoms with Gasteiger partial charge in [-0.2, -0.15) is 0 Å². The second-order valence-electron chi connectivity index (χ2n) is 5.40. The zero-order valence-corrected chi connectivity index (χ0v) is 17.1. The van der Waals surface area contributed by atoms with Gasteiger partial charge >= 0.3 is 159 Å². The van der Waals surface area contributed by atoms with E-state index in [0.717, 1.165) is 11.1 Å². The molecular formula is C19H20INO6. The second kappa shape index (κ2) is 10.5. The normalized spacial score (nSPS) is 10.5. The monoisotopic (exact) mass is 485 g/mol. The van der Waals surface area contributed by atoms with E-state index in [4.69, 9.17) is 10.9 Å². The fraction of sp³-hybridized carbons (Fsp3) is 0.211. The molecule has 27 heavy (non-hydrogen) atoms. The molecule has 1 amide bonds. The minimum atomic E-state index is -2.82. The van der Waals surface area contributed by atoms with Gasteiger partial charge in [-0.1, -0.05) is 6.07 Å². The summed E-state index contributed by atoms with van der Waals surface area (Å²) < 4.78 is 16.1. The summed E-state index contributed by atoms with van der Waals surface area (Å²) in [6, 6.07) is 16.4. The number of nitrogens with one attached hydrogen (secondary N) is 1. The first-order valence-corrected chi connectivity index (χ1v) is 10.9. The predicted molar refractivity (Wildman–Crippen MR) is 106 cm³/mol. The van der Waals surface area contributed by atoms with E-state index < -0.39 is 38.7 Å². The number of amides is 1. The molecular weight excluding hydrogens is 465 g/mol. The Hall–Kier alpha value is -2.62. The first-order valence-electron chi connectivity index (χ1n) is 8.05. The molecule has 7 nitrogen and oxygen atoms in total. The van der Waals surface area contributed by atoms with E-state index in [1.807, 2.05) is 30.3 Å². The third-order valence-electron chi connectivity index (χ3n) is 3.10. The van der Waals surface area contributed by atoms with E-state index in [2.05, 4.69) is 5.32 Å². The first kappa shape index (κ1) is 20.7. The van der Waals surface area contributed by atoms with Gasteiger partial charge in [0.15, 0.2) is 0 Å². The molecule has 0 saturated carbocycles. The van der Waals surface area contributed by atoms with Crippen molar-refractivity contribution < 1.29 is 25.3 Å². The second-order valence-corrected chi connectivity index (χ2v) is 8.76. The van der Waals surface area contributed by atoms with Gasteiger partial charge in [-0.25, -0.2) is 0 Å². The number of benzene rings is 2. The molecule has 0 aliphatic carbocycles. The van der Waals surface area contributed by atoms with Gasteiger partial charge in [0.05, 0.1) is 0 Å². The van der Waals surface area contributed by atoms with Gasteiger partial charge in [-0.05, 0) is 0 Å². The van der Waals surface area contributed by atoms with Crippen molar-refractivity contribution in [3.63, 3.8) is 0 Å². The van der Waals surface area contributed by atoms with E-state index in [9.17, 15) is 14.4 Å². The van der Waals surface area contributed by atoms with Gasteiger partial charge in [-0.15, -0.1) is 0 Å². The van der Waals surface area contributed by atoms with Gasteiger partial charge in [0.25, 0.3) is 0 Å². The number of hydrogen-bond donors (Lipinski definition) is 1. The predicted octanol–water partition coefficient (Wildman–Crippen LogP) is 3.75. The Morgan fingerprint density at radius 3 is 2.00 bits per heavy atom. The number of carbonyl (C=O) groups excluding carboxylic acids is 3. The molecule has 0 unspecified atom stereocenters. The van der Waals surface area contributed by atoms with Crippen molar-refractivity contribution in [2.45, 2.75) is 27.0 Å². The van der Waals surface area contributed by atoms with Gasteiger partial charge in [-0.3, -0.25) is 0 Å². The fourth-order valence-electron chi connectivity index (χ4n) is 1.96. The van der Waals surface area contributed by atoms with Gasteiger partial charge in [0, 0.05) is 0 Å². The molecule has 0 aromatic heterocycles. The Kier molecular flexibility index (Phi) is 8.05. The molecule has 144 valence electrons. The first-order chi connectivity index (χ1) is 12.9. The maximum absolute atomic E-state index is 11.8. The fourth-order valence-corrected chi connectivity index (χ4v) is 4.63. The molecule has 0 spiro atoms. The molecule has 0 aliphatic rings. The number of carbonyl (C=O) groups is 3. The molecule has 8 heteroatoms. The standard InChI is InChI=1S/C19H20INO6/c1-14(22)26-20(27-15(2)23)18-10-8-16(9-11-18)12-21-19(24)25-13-17-6-4-3-5-7-17/h3-11H,12-13H2,1-2H3,(H,21,24). The maximum atomic E-state index is 11.8. The van der Waals surface area contributed by atoms with Gasteiger partial charge < -0.3 is 0 Å². The van der Waals surface area contributed by atoms with Crippen LogP contribution in [-0.2, 0) is 33.6 Å². The molecule has 0 bridgehead atoms. The van der Waals surface area contributed by atoms with Crippen LogP contribution < -0.4 is 5.32 Å². The molecule has 2 rings (SSSR count). The van der Waals surface area contributed by atoms with E-state index >= 15 is 0 Å². The Bertz CT molecular complexity index is 763. The third kappa shape index (κ3) is 7.65. The van der Waals surface area contributed by atoms with Crippen LogP contribution in [0.25, 0.3) is 0 Å². The van der Waals surface area contributed by atoms with Crippen LogP contribution in [-0.4, -0.2) is 18.0 Å². The van der Waals surface area contributed by atoms with Crippen LogP contribution in [0.1, 0.15) is 25.0 Å². The third-order valence-corrected chi connectivity index (χ3v) is 6.88. The topological polar surface area (TPSA) is 90.9 Å². The van der Waals surface area contributed by atoms with Crippen LogP contribution in [0.4, 0.5) is 4.79 Å². The number of hydrogen-bond acceptors (Lipinski definition) is 6. The molecule has 0 aliphatic heterocycles. The number of ether oxygens (including phenoxy) is 1. The summed E-state index contributed by atoms with van der Waals surface area (Å²) in [6.45, 7) is 3.02. The number of halogens is 1. The SMILES string of the molecule is CC(=O)OI(OC(C)=O)c1ccc(CNC(=O)OCc2ccccc2)cc1. The van der Waals surface area contributed by atoms with Crippen LogP contribution in [0.3, 0.4) is 0 Å². The van der Waals surface area contributed by atoms with Crippen molar-refractivity contribution in [1.29, 1.82) is 0 Å². The molecule has 2 aromatic carbocycles. The Labute approximate surface area is 165 Å². The van der Waals surface area contributed by atoms with Crippen LogP contribution in [0.15, 0.2) is 54.6 Å². The van der Waals surface area contributed by atoms with E-state index in [1.165, 1.54) is 13.8 Å². The van der Waals surface area contributed by atoms with Crippen LogP contribution in [0.5, 0.6) is 0 Å². The van der Waals surface area contributed by atoms with Crippen molar-refractivity contribution in [1.82, 2.24) is 5.32 Å². The summed E-state index contributed by atoms with van der Waals surface area (Å²) in [5, 5.41) is 2.66. The van der Waals surface area contributed by atoms with Crippen LogP contribution in [0.2, 0.25) is 0 Å². The van der Waals surface area contributed by atoms with Crippen LogP contribution in [0, 0.1) is 3.57 Å². The summed E-state index contributed by atoms with van der Waals surface area (Å²) >= 11 is -2.82. The summed E-state index contributed by atoms with van der Waals surface area (Å²) in [4.78, 5) is 34.1. The van der Waals surface area contributed by atoms with Crippen molar-refractivity contribution in [3.05, 3.63) is 69.3 Å². The van der Waals surface area contributed by atoms with Crippen LogP contribution >= 0.6 is 20.6 Å². The molecule has 0 saturated heterocycles. The average molecular weight is 485 g/mol. The minimum absolute atomic E-state index is 0.199. The quantitative estimate of drug-likeness (QED) is 0.601. The zero-order valence-electron chi connectivity index (χ0n) is 14.9. The summed E-state index contributed by atoms with van der Waals surface area (Å²) in [5.74, 6) is -0.985. The Morgan fingerprint density at radius 2 is 1.44 bits per heavy atom. The average Bonchev–Trinajstić information content (AvgIpc) is 2.65. The Balaban J connectivity index is 1.85. The number of rotatable bonds is 7. The molecule has 0 radical (unpaired) electrons. The van der Waals surface area contributed by atoms with Crippen molar-refractivity contribution in [3.8, 4) is 0 Å². The molecule has 1 N–H and O–H groups in total. The summed E-state index contributed by atoms with van der Waals surface area (Å²) in [7, 11) is 0. The summed E-state index contributed by atoms with van der Waals surface area (Å²) in [6.07, 6.45) is -0.517. The van der Waals surface area contributed by atoms with Crippen molar-refractivity contribution >= 4 is 38.7 Å². The molecule has 0 fully saturated rings. The van der Waals surface area contributed by atoms with Crippen molar-refractivity contribution in [2.75, 3.05) is 0 Å². The molecule has 0 atom stereocenters. The Morgan fingerprint density at radius 1 is 0.852 bits per heavy atom. The molecule has 0 heterocycles. The van der Waals surface area contributed by atoms with E-state index in [0.29, 0.717) is 3.57 Å². The van der Waals surface area contributed by atoms with Gasteiger partial charge in [0.2, 0.25) is 0 Å². The van der Waals surface area contributed by atoms with Gasteiger partial charge in [0.1, 0.15) is 0 Å². The zero-order chi connectivity index (χ0) is 19.6. The van der Waals surface area contributed by atoms with E-state index in [-0.39, 0.29) is 13.2 Å². The number of alkyl carbamates (subject to hydrolysis) is 1. The van der Waals surface area contributed by atoms with E-state index in [1.54, 1.807) is 24.3 Å².